The number of carbonyl (C=O) groups excluding carboxylic acids is 1. The topological polar surface area (TPSA) is 52.9 Å². The second-order valence-electron chi connectivity index (χ2n) is 3.74. The molecule has 0 bridgehead atoms. The van der Waals surface area contributed by atoms with Crippen molar-refractivity contribution in [1.29, 1.82) is 5.26 Å². The lowest BCUT2D eigenvalue weighted by atomic mass is 10.1. The zero-order valence-electron chi connectivity index (χ0n) is 9.49. The number of benzene rings is 1. The summed E-state index contributed by atoms with van der Waals surface area (Å²) in [6, 6.07) is 10.2. The Hall–Kier alpha value is -1.82. The first-order valence-electron chi connectivity index (χ1n) is 5.41. The molecule has 0 atom stereocenters. The maximum atomic E-state index is 11.3. The molecule has 0 saturated carbocycles. The summed E-state index contributed by atoms with van der Waals surface area (Å²) in [6.07, 6.45) is 1.60. The second kappa shape index (κ2) is 6.62. The van der Waals surface area contributed by atoms with E-state index in [4.69, 9.17) is 5.26 Å². The van der Waals surface area contributed by atoms with Crippen molar-refractivity contribution in [3.63, 3.8) is 0 Å². The average Bonchev–Trinajstić information content (AvgIpc) is 2.29. The minimum absolute atomic E-state index is 0.0100. The molecule has 0 aliphatic rings. The predicted molar refractivity (Wildman–Crippen MR) is 62.7 cm³/mol. The maximum absolute atomic E-state index is 11.3. The molecule has 3 nitrogen and oxygen atoms in total. The monoisotopic (exact) mass is 216 g/mol. The van der Waals surface area contributed by atoms with Crippen LogP contribution in [0.3, 0.4) is 0 Å². The zero-order chi connectivity index (χ0) is 11.8. The van der Waals surface area contributed by atoms with E-state index >= 15 is 0 Å². The molecule has 0 aliphatic carbocycles. The Morgan fingerprint density at radius 2 is 2.06 bits per heavy atom. The largest absolute Gasteiger partial charge is 0.355 e. The van der Waals surface area contributed by atoms with Crippen molar-refractivity contribution in [3.8, 4) is 6.07 Å². The lowest BCUT2D eigenvalue weighted by Crippen LogP contribution is -2.24. The summed E-state index contributed by atoms with van der Waals surface area (Å²) in [5.41, 5.74) is 2.39. The van der Waals surface area contributed by atoms with Gasteiger partial charge < -0.3 is 5.32 Å². The number of nitrogens with zero attached hydrogens (tertiary/aromatic N) is 1. The highest BCUT2D eigenvalue weighted by Gasteiger charge is 2.01. The van der Waals surface area contributed by atoms with E-state index in [0.29, 0.717) is 19.4 Å². The molecule has 0 saturated heterocycles. The number of aryl methyl sites for hydroxylation is 2. The van der Waals surface area contributed by atoms with Gasteiger partial charge in [-0.1, -0.05) is 29.8 Å². The van der Waals surface area contributed by atoms with Crippen LogP contribution in [0.4, 0.5) is 0 Å². The van der Waals surface area contributed by atoms with Gasteiger partial charge in [0.05, 0.1) is 12.5 Å². The maximum Gasteiger partial charge on any atom is 0.220 e. The standard InChI is InChI=1S/C13H16N2O/c1-11-3-5-12(6-4-11)7-8-13(16)15-10-2-9-14/h3-6H,2,7-8,10H2,1H3,(H,15,16). The number of nitrogens with one attached hydrogen (secondary N) is 1. The molecular weight excluding hydrogens is 200 g/mol. The van der Waals surface area contributed by atoms with Gasteiger partial charge >= 0.3 is 0 Å². The number of carbonyl (C=O) groups is 1. The van der Waals surface area contributed by atoms with Crippen molar-refractivity contribution in [3.05, 3.63) is 35.4 Å². The molecule has 84 valence electrons. The van der Waals surface area contributed by atoms with Crippen LogP contribution in [0.2, 0.25) is 0 Å². The van der Waals surface area contributed by atoms with Crippen LogP contribution in [0.5, 0.6) is 0 Å². The van der Waals surface area contributed by atoms with E-state index in [2.05, 4.69) is 5.32 Å². The van der Waals surface area contributed by atoms with Crippen molar-refractivity contribution in [1.82, 2.24) is 5.32 Å². The molecule has 1 N–H and O–H groups in total. The molecule has 0 fully saturated rings. The third-order valence-corrected chi connectivity index (χ3v) is 2.32. The number of nitriles is 1. The van der Waals surface area contributed by atoms with Crippen LogP contribution in [0, 0.1) is 18.3 Å². The van der Waals surface area contributed by atoms with E-state index in [1.807, 2.05) is 37.3 Å². The van der Waals surface area contributed by atoms with Crippen molar-refractivity contribution in [2.45, 2.75) is 26.2 Å². The molecule has 0 unspecified atom stereocenters. The molecule has 0 spiro atoms. The quantitative estimate of drug-likeness (QED) is 0.765. The summed E-state index contributed by atoms with van der Waals surface area (Å²) in [5, 5.41) is 11.0. The molecule has 1 rings (SSSR count). The normalized spacial score (nSPS) is 9.50. The van der Waals surface area contributed by atoms with Gasteiger partial charge in [-0.05, 0) is 18.9 Å². The SMILES string of the molecule is Cc1ccc(CCC(=O)NCCC#N)cc1. The third kappa shape index (κ3) is 4.61. The molecule has 16 heavy (non-hydrogen) atoms. The van der Waals surface area contributed by atoms with Gasteiger partial charge in [0.25, 0.3) is 0 Å². The van der Waals surface area contributed by atoms with Gasteiger partial charge in [0.2, 0.25) is 5.91 Å². The fraction of sp³-hybridized carbons (Fsp3) is 0.385. The lowest BCUT2D eigenvalue weighted by Gasteiger charge is -2.03. The first-order chi connectivity index (χ1) is 7.72. The highest BCUT2D eigenvalue weighted by atomic mass is 16.1. The summed E-state index contributed by atoms with van der Waals surface area (Å²) in [7, 11) is 0. The highest BCUT2D eigenvalue weighted by Crippen LogP contribution is 2.05. The van der Waals surface area contributed by atoms with E-state index in [1.165, 1.54) is 11.1 Å². The van der Waals surface area contributed by atoms with E-state index < -0.39 is 0 Å². The van der Waals surface area contributed by atoms with Crippen molar-refractivity contribution in [2.75, 3.05) is 6.54 Å². The molecule has 3 heteroatoms. The fourth-order valence-electron chi connectivity index (χ4n) is 1.36. The van der Waals surface area contributed by atoms with Crippen molar-refractivity contribution < 1.29 is 4.79 Å². The van der Waals surface area contributed by atoms with Gasteiger partial charge in [-0.25, -0.2) is 0 Å². The lowest BCUT2D eigenvalue weighted by molar-refractivity contribution is -0.121. The molecule has 1 aromatic carbocycles. The van der Waals surface area contributed by atoms with Gasteiger partial charge in [-0.3, -0.25) is 4.79 Å². The van der Waals surface area contributed by atoms with Gasteiger partial charge in [0, 0.05) is 13.0 Å². The molecule has 0 aromatic heterocycles. The van der Waals surface area contributed by atoms with Crippen LogP contribution in [0.15, 0.2) is 24.3 Å². The summed E-state index contributed by atoms with van der Waals surface area (Å²) in [4.78, 5) is 11.3. The molecule has 0 heterocycles. The molecular formula is C13H16N2O. The Bertz CT molecular complexity index is 376. The van der Waals surface area contributed by atoms with E-state index in [0.717, 1.165) is 6.42 Å². The summed E-state index contributed by atoms with van der Waals surface area (Å²) >= 11 is 0. The second-order valence-corrected chi connectivity index (χ2v) is 3.74. The van der Waals surface area contributed by atoms with E-state index in [9.17, 15) is 4.79 Å². The minimum Gasteiger partial charge on any atom is -0.355 e. The number of hydrogen-bond donors (Lipinski definition) is 1. The third-order valence-electron chi connectivity index (χ3n) is 2.32. The Labute approximate surface area is 96.1 Å². The minimum atomic E-state index is 0.0100. The van der Waals surface area contributed by atoms with Crippen LogP contribution in [-0.2, 0) is 11.2 Å². The molecule has 1 aromatic rings. The fourth-order valence-corrected chi connectivity index (χ4v) is 1.36. The number of hydrogen-bond acceptors (Lipinski definition) is 2. The Morgan fingerprint density at radius 1 is 1.38 bits per heavy atom. The van der Waals surface area contributed by atoms with Crippen LogP contribution >= 0.6 is 0 Å². The summed E-state index contributed by atoms with van der Waals surface area (Å²) in [6.45, 7) is 2.49. The Balaban J connectivity index is 2.26. The van der Waals surface area contributed by atoms with Crippen LogP contribution in [-0.4, -0.2) is 12.5 Å². The first-order valence-corrected chi connectivity index (χ1v) is 5.41. The van der Waals surface area contributed by atoms with Crippen LogP contribution < -0.4 is 5.32 Å². The van der Waals surface area contributed by atoms with Gasteiger partial charge in [-0.2, -0.15) is 5.26 Å². The van der Waals surface area contributed by atoms with Crippen LogP contribution in [0.25, 0.3) is 0 Å². The molecule has 1 amide bonds. The smallest absolute Gasteiger partial charge is 0.220 e. The summed E-state index contributed by atoms with van der Waals surface area (Å²) < 4.78 is 0. The number of amides is 1. The highest BCUT2D eigenvalue weighted by molar-refractivity contribution is 5.76. The van der Waals surface area contributed by atoms with Crippen LogP contribution in [0.1, 0.15) is 24.0 Å². The van der Waals surface area contributed by atoms with Gasteiger partial charge in [0.1, 0.15) is 0 Å². The molecule has 0 radical (unpaired) electrons. The van der Waals surface area contributed by atoms with E-state index in [-0.39, 0.29) is 5.91 Å². The molecule has 0 aliphatic heterocycles. The zero-order valence-corrected chi connectivity index (χ0v) is 9.49. The van der Waals surface area contributed by atoms with Crippen molar-refractivity contribution in [2.24, 2.45) is 0 Å². The number of rotatable bonds is 5. The summed E-state index contributed by atoms with van der Waals surface area (Å²) in [5.74, 6) is 0.0100. The Kier molecular flexibility index (Phi) is 5.07. The Morgan fingerprint density at radius 3 is 2.69 bits per heavy atom. The average molecular weight is 216 g/mol. The first kappa shape index (κ1) is 12.3. The van der Waals surface area contributed by atoms with Gasteiger partial charge in [0.15, 0.2) is 0 Å². The van der Waals surface area contributed by atoms with Crippen molar-refractivity contribution >= 4 is 5.91 Å². The van der Waals surface area contributed by atoms with Gasteiger partial charge in [-0.15, -0.1) is 0 Å². The predicted octanol–water partition coefficient (Wildman–Crippen LogP) is 1.96. The van der Waals surface area contributed by atoms with E-state index in [1.54, 1.807) is 0 Å².